The Morgan fingerprint density at radius 1 is 1.23 bits per heavy atom. The van der Waals surface area contributed by atoms with E-state index in [1.54, 1.807) is 0 Å². The topological polar surface area (TPSA) is 74.6 Å². The fourth-order valence-corrected chi connectivity index (χ4v) is 7.15. The van der Waals surface area contributed by atoms with Crippen molar-refractivity contribution < 1.29 is 19.8 Å². The average Bonchev–Trinajstić information content (AvgIpc) is 2.83. The molecular formula is C22H30O4. The Morgan fingerprint density at radius 2 is 1.96 bits per heavy atom. The van der Waals surface area contributed by atoms with Crippen molar-refractivity contribution in [2.75, 3.05) is 6.61 Å². The highest BCUT2D eigenvalue weighted by Gasteiger charge is 2.67. The first-order valence-corrected chi connectivity index (χ1v) is 9.97. The van der Waals surface area contributed by atoms with Gasteiger partial charge in [-0.2, -0.15) is 0 Å². The molecule has 26 heavy (non-hydrogen) atoms. The molecule has 4 heteroatoms. The second-order valence-corrected chi connectivity index (χ2v) is 9.52. The molecule has 4 rings (SSSR count). The summed E-state index contributed by atoms with van der Waals surface area (Å²) in [5.74, 6) is 0.894. The zero-order valence-electron chi connectivity index (χ0n) is 15.9. The molecule has 0 aliphatic heterocycles. The number of carbonyl (C=O) groups excluding carboxylic acids is 2. The van der Waals surface area contributed by atoms with Crippen molar-refractivity contribution in [3.05, 3.63) is 23.8 Å². The van der Waals surface area contributed by atoms with Crippen LogP contribution in [-0.4, -0.2) is 34.0 Å². The molecule has 0 bridgehead atoms. The molecule has 0 heterocycles. The lowest BCUT2D eigenvalue weighted by Crippen LogP contribution is -2.58. The summed E-state index contributed by atoms with van der Waals surface area (Å²) in [6.45, 7) is 7.76. The van der Waals surface area contributed by atoms with Gasteiger partial charge in [-0.15, -0.1) is 0 Å². The number of fused-ring (bicyclic) bond motifs is 5. The molecular weight excluding hydrogens is 328 g/mol. The van der Waals surface area contributed by atoms with E-state index in [1.807, 2.05) is 13.0 Å². The first kappa shape index (κ1) is 18.1. The first-order valence-electron chi connectivity index (χ1n) is 9.97. The molecule has 0 spiro atoms. The number of Topliss-reactive ketones (excluding diaryl/α,β-unsaturated/α-hetero) is 1. The standard InChI is InChI=1S/C22H30O4/c1-13-10-18-16-5-4-14-11-15(24)6-8-20(14,2)17(16)7-9-21(18,3)22(13,26)19(25)12-23/h11,16-18,23,26H,1,4-10,12H2,2-3H3/t16-,17+,18+,20+,21+,22+/m1/s1. The van der Waals surface area contributed by atoms with Crippen molar-refractivity contribution in [2.45, 2.75) is 64.4 Å². The van der Waals surface area contributed by atoms with Crippen LogP contribution in [0.3, 0.4) is 0 Å². The molecule has 0 aromatic rings. The van der Waals surface area contributed by atoms with Crippen LogP contribution in [0, 0.1) is 28.6 Å². The van der Waals surface area contributed by atoms with Crippen LogP contribution in [0.25, 0.3) is 0 Å². The number of rotatable bonds is 2. The molecule has 4 nitrogen and oxygen atoms in total. The van der Waals surface area contributed by atoms with Crippen LogP contribution >= 0.6 is 0 Å². The van der Waals surface area contributed by atoms with Crippen molar-refractivity contribution in [2.24, 2.45) is 28.6 Å². The van der Waals surface area contributed by atoms with Gasteiger partial charge in [-0.3, -0.25) is 9.59 Å². The smallest absolute Gasteiger partial charge is 0.194 e. The van der Waals surface area contributed by atoms with E-state index in [0.717, 1.165) is 32.1 Å². The summed E-state index contributed by atoms with van der Waals surface area (Å²) >= 11 is 0. The van der Waals surface area contributed by atoms with Crippen LogP contribution in [-0.2, 0) is 9.59 Å². The Hall–Kier alpha value is -1.26. The number of aliphatic hydroxyl groups is 2. The van der Waals surface area contributed by atoms with Crippen molar-refractivity contribution in [1.29, 1.82) is 0 Å². The van der Waals surface area contributed by atoms with Crippen molar-refractivity contribution in [3.63, 3.8) is 0 Å². The van der Waals surface area contributed by atoms with Gasteiger partial charge in [-0.05, 0) is 73.3 Å². The van der Waals surface area contributed by atoms with Gasteiger partial charge in [0.25, 0.3) is 0 Å². The second kappa shape index (κ2) is 5.62. The van der Waals surface area contributed by atoms with Crippen molar-refractivity contribution >= 4 is 11.6 Å². The maximum Gasteiger partial charge on any atom is 0.194 e. The Balaban J connectivity index is 1.72. The molecule has 3 fully saturated rings. The predicted octanol–water partition coefficient (Wildman–Crippen LogP) is 2.98. The zero-order valence-corrected chi connectivity index (χ0v) is 15.9. The van der Waals surface area contributed by atoms with Crippen molar-refractivity contribution in [1.82, 2.24) is 0 Å². The molecule has 6 atom stereocenters. The Labute approximate surface area is 155 Å². The SMILES string of the molecule is C=C1C[C@H]2[C@@H]3CCC4=CC(=O)CC[C@]4(C)[C@H]3CC[C@]2(C)[C@@]1(O)C(=O)CO. The number of aliphatic hydroxyl groups excluding tert-OH is 1. The second-order valence-electron chi connectivity index (χ2n) is 9.52. The summed E-state index contributed by atoms with van der Waals surface area (Å²) in [6.07, 6.45) is 7.77. The fourth-order valence-electron chi connectivity index (χ4n) is 7.15. The van der Waals surface area contributed by atoms with Crippen LogP contribution in [0.4, 0.5) is 0 Å². The fraction of sp³-hybridized carbons (Fsp3) is 0.727. The lowest BCUT2D eigenvalue weighted by atomic mass is 9.46. The molecule has 0 radical (unpaired) electrons. The van der Waals surface area contributed by atoms with E-state index < -0.39 is 23.4 Å². The zero-order chi connectivity index (χ0) is 18.9. The molecule has 4 aliphatic rings. The van der Waals surface area contributed by atoms with E-state index in [9.17, 15) is 19.8 Å². The highest BCUT2D eigenvalue weighted by Crippen LogP contribution is 2.68. The molecule has 0 aromatic carbocycles. The normalized spacial score (nSPS) is 47.7. The van der Waals surface area contributed by atoms with E-state index in [2.05, 4.69) is 13.5 Å². The third-order valence-electron chi connectivity index (χ3n) is 8.70. The van der Waals surface area contributed by atoms with Gasteiger partial charge in [0.15, 0.2) is 17.2 Å². The third-order valence-corrected chi connectivity index (χ3v) is 8.70. The molecule has 4 aliphatic carbocycles. The lowest BCUT2D eigenvalue weighted by molar-refractivity contribution is -0.159. The van der Waals surface area contributed by atoms with E-state index >= 15 is 0 Å². The minimum Gasteiger partial charge on any atom is -0.388 e. The molecule has 0 saturated heterocycles. The average molecular weight is 358 g/mol. The molecule has 0 aromatic heterocycles. The molecule has 3 saturated carbocycles. The highest BCUT2D eigenvalue weighted by molar-refractivity contribution is 5.93. The van der Waals surface area contributed by atoms with Gasteiger partial charge in [-0.1, -0.05) is 26.0 Å². The summed E-state index contributed by atoms with van der Waals surface area (Å²) in [5.41, 5.74) is -0.183. The van der Waals surface area contributed by atoms with Crippen LogP contribution < -0.4 is 0 Å². The molecule has 142 valence electrons. The predicted molar refractivity (Wildman–Crippen MR) is 98.3 cm³/mol. The minimum atomic E-state index is -1.60. The summed E-state index contributed by atoms with van der Waals surface area (Å²) in [5, 5.41) is 20.8. The van der Waals surface area contributed by atoms with Gasteiger partial charge in [0.2, 0.25) is 0 Å². The molecule has 0 unspecified atom stereocenters. The Morgan fingerprint density at radius 3 is 2.65 bits per heavy atom. The van der Waals surface area contributed by atoms with Gasteiger partial charge < -0.3 is 10.2 Å². The summed E-state index contributed by atoms with van der Waals surface area (Å²) < 4.78 is 0. The van der Waals surface area contributed by atoms with Gasteiger partial charge >= 0.3 is 0 Å². The Kier molecular flexibility index (Phi) is 3.92. The summed E-state index contributed by atoms with van der Waals surface area (Å²) in [4.78, 5) is 24.4. The highest BCUT2D eigenvalue weighted by atomic mass is 16.3. The van der Waals surface area contributed by atoms with E-state index in [-0.39, 0.29) is 17.1 Å². The largest absolute Gasteiger partial charge is 0.388 e. The number of carbonyl (C=O) groups is 2. The van der Waals surface area contributed by atoms with Gasteiger partial charge in [-0.25, -0.2) is 0 Å². The summed E-state index contributed by atoms with van der Waals surface area (Å²) in [7, 11) is 0. The van der Waals surface area contributed by atoms with E-state index in [1.165, 1.54) is 5.57 Å². The number of ketones is 2. The molecule has 0 amide bonds. The summed E-state index contributed by atoms with van der Waals surface area (Å²) in [6, 6.07) is 0. The number of allylic oxidation sites excluding steroid dienone is 1. The van der Waals surface area contributed by atoms with Crippen LogP contribution in [0.5, 0.6) is 0 Å². The number of hydrogen-bond donors (Lipinski definition) is 2. The van der Waals surface area contributed by atoms with E-state index in [0.29, 0.717) is 30.3 Å². The first-order chi connectivity index (χ1) is 12.2. The van der Waals surface area contributed by atoms with Gasteiger partial charge in [0.1, 0.15) is 6.61 Å². The molecule has 2 N–H and O–H groups in total. The lowest BCUT2D eigenvalue weighted by Gasteiger charge is -2.58. The maximum absolute atomic E-state index is 12.5. The third kappa shape index (κ3) is 2.03. The monoisotopic (exact) mass is 358 g/mol. The van der Waals surface area contributed by atoms with Gasteiger partial charge in [0, 0.05) is 11.8 Å². The van der Waals surface area contributed by atoms with Crippen LogP contribution in [0.2, 0.25) is 0 Å². The quantitative estimate of drug-likeness (QED) is 0.744. The van der Waals surface area contributed by atoms with Crippen molar-refractivity contribution in [3.8, 4) is 0 Å². The van der Waals surface area contributed by atoms with Crippen LogP contribution in [0.1, 0.15) is 58.8 Å². The number of hydrogen-bond acceptors (Lipinski definition) is 4. The van der Waals surface area contributed by atoms with E-state index in [4.69, 9.17) is 0 Å². The minimum absolute atomic E-state index is 0.0706. The Bertz CT molecular complexity index is 722. The van der Waals surface area contributed by atoms with Crippen LogP contribution in [0.15, 0.2) is 23.8 Å². The maximum atomic E-state index is 12.5. The van der Waals surface area contributed by atoms with Gasteiger partial charge in [0.05, 0.1) is 0 Å².